The lowest BCUT2D eigenvalue weighted by Gasteiger charge is -2.28. The number of ether oxygens (including phenoxy) is 1. The van der Waals surface area contributed by atoms with Crippen LogP contribution in [0.5, 0.6) is 5.75 Å². The minimum Gasteiger partial charge on any atom is -0.482 e. The lowest BCUT2D eigenvalue weighted by atomic mass is 10.2. The monoisotopic (exact) mass is 344 g/mol. The Morgan fingerprint density at radius 2 is 2.28 bits per heavy atom. The first-order chi connectivity index (χ1) is 12.0. The van der Waals surface area contributed by atoms with Crippen LogP contribution in [0.3, 0.4) is 0 Å². The largest absolute Gasteiger partial charge is 0.482 e. The van der Waals surface area contributed by atoms with E-state index in [0.29, 0.717) is 35.3 Å². The van der Waals surface area contributed by atoms with Gasteiger partial charge in [-0.1, -0.05) is 0 Å². The van der Waals surface area contributed by atoms with Gasteiger partial charge in [0.1, 0.15) is 11.6 Å². The number of fused-ring (bicyclic) bond motifs is 1. The fourth-order valence-corrected chi connectivity index (χ4v) is 2.61. The number of benzene rings is 1. The molecule has 3 amide bonds. The van der Waals surface area contributed by atoms with Gasteiger partial charge < -0.3 is 20.3 Å². The molecule has 3 N–H and O–H groups in total. The van der Waals surface area contributed by atoms with E-state index in [1.807, 2.05) is 6.92 Å². The summed E-state index contributed by atoms with van der Waals surface area (Å²) in [6.07, 6.45) is 0. The molecule has 0 spiro atoms. The van der Waals surface area contributed by atoms with Gasteiger partial charge in [-0.2, -0.15) is 5.10 Å². The Labute approximate surface area is 144 Å². The van der Waals surface area contributed by atoms with Crippen molar-refractivity contribution in [1.82, 2.24) is 20.5 Å². The molecule has 0 saturated carbocycles. The molecule has 25 heavy (non-hydrogen) atoms. The van der Waals surface area contributed by atoms with Crippen molar-refractivity contribution >= 4 is 23.3 Å². The van der Waals surface area contributed by atoms with Crippen LogP contribution in [0, 0.1) is 6.92 Å². The quantitative estimate of drug-likeness (QED) is 0.782. The molecule has 0 bridgehead atoms. The van der Waals surface area contributed by atoms with E-state index >= 15 is 0 Å². The van der Waals surface area contributed by atoms with Crippen LogP contribution in [-0.4, -0.2) is 40.3 Å². The molecule has 2 aromatic rings. The third kappa shape index (κ3) is 3.54. The van der Waals surface area contributed by atoms with Gasteiger partial charge in [-0.15, -0.1) is 0 Å². The molecule has 0 aliphatic carbocycles. The van der Waals surface area contributed by atoms with Crippen LogP contribution in [0.15, 0.2) is 18.2 Å². The summed E-state index contributed by atoms with van der Waals surface area (Å²) in [5, 5.41) is 12.3. The SMILES string of the molecule is CCN1C(=O)COc2ccc(NC(=O)NC(C)c3n[nH]c(C)n3)cc21. The summed E-state index contributed by atoms with van der Waals surface area (Å²) in [6.45, 7) is 6.04. The molecule has 0 fully saturated rings. The zero-order valence-corrected chi connectivity index (χ0v) is 14.3. The molecule has 132 valence electrons. The van der Waals surface area contributed by atoms with Crippen LogP contribution in [0.2, 0.25) is 0 Å². The van der Waals surface area contributed by atoms with E-state index in [4.69, 9.17) is 4.74 Å². The number of aromatic amines is 1. The maximum Gasteiger partial charge on any atom is 0.319 e. The fourth-order valence-electron chi connectivity index (χ4n) is 2.61. The van der Waals surface area contributed by atoms with Crippen molar-refractivity contribution in [2.75, 3.05) is 23.4 Å². The second-order valence-corrected chi connectivity index (χ2v) is 5.71. The summed E-state index contributed by atoms with van der Waals surface area (Å²) in [6, 6.07) is 4.45. The van der Waals surface area contributed by atoms with Crippen molar-refractivity contribution in [1.29, 1.82) is 0 Å². The number of carbonyl (C=O) groups is 2. The maximum atomic E-state index is 12.2. The van der Waals surface area contributed by atoms with Crippen molar-refractivity contribution in [3.63, 3.8) is 0 Å². The van der Waals surface area contributed by atoms with Crippen LogP contribution in [-0.2, 0) is 4.79 Å². The second kappa shape index (κ2) is 6.80. The van der Waals surface area contributed by atoms with E-state index in [0.717, 1.165) is 0 Å². The summed E-state index contributed by atoms with van der Waals surface area (Å²) in [5.41, 5.74) is 1.21. The molecule has 1 atom stereocenters. The topological polar surface area (TPSA) is 112 Å². The van der Waals surface area contributed by atoms with Crippen molar-refractivity contribution in [3.05, 3.63) is 29.8 Å². The van der Waals surface area contributed by atoms with Gasteiger partial charge in [0.25, 0.3) is 5.91 Å². The van der Waals surface area contributed by atoms with Gasteiger partial charge in [-0.3, -0.25) is 9.89 Å². The third-order valence-corrected chi connectivity index (χ3v) is 3.83. The van der Waals surface area contributed by atoms with Crippen LogP contribution < -0.4 is 20.3 Å². The molecule has 1 aromatic heterocycles. The van der Waals surface area contributed by atoms with Crippen LogP contribution in [0.1, 0.15) is 31.5 Å². The Balaban J connectivity index is 1.69. The molecule has 1 aromatic carbocycles. The summed E-state index contributed by atoms with van der Waals surface area (Å²) in [5.74, 6) is 1.71. The standard InChI is InChI=1S/C16H20N6O3/c1-4-22-12-7-11(5-6-13(12)25-8-14(22)23)19-16(24)17-9(2)15-18-10(3)20-21-15/h5-7,9H,4,8H2,1-3H3,(H2,17,19,24)(H,18,20,21). The van der Waals surface area contributed by atoms with E-state index in [-0.39, 0.29) is 24.6 Å². The molecule has 1 aliphatic heterocycles. The minimum atomic E-state index is -0.388. The molecule has 9 nitrogen and oxygen atoms in total. The molecule has 9 heteroatoms. The Bertz CT molecular complexity index is 803. The predicted molar refractivity (Wildman–Crippen MR) is 91.7 cm³/mol. The zero-order chi connectivity index (χ0) is 18.0. The van der Waals surface area contributed by atoms with E-state index in [2.05, 4.69) is 25.8 Å². The van der Waals surface area contributed by atoms with Crippen LogP contribution >= 0.6 is 0 Å². The minimum absolute atomic E-state index is 0.0295. The lowest BCUT2D eigenvalue weighted by Crippen LogP contribution is -2.38. The number of amides is 3. The molecule has 0 radical (unpaired) electrons. The van der Waals surface area contributed by atoms with E-state index < -0.39 is 0 Å². The van der Waals surface area contributed by atoms with Gasteiger partial charge in [0, 0.05) is 12.2 Å². The van der Waals surface area contributed by atoms with Crippen molar-refractivity contribution < 1.29 is 14.3 Å². The van der Waals surface area contributed by atoms with E-state index in [1.54, 1.807) is 36.9 Å². The van der Waals surface area contributed by atoms with E-state index in [9.17, 15) is 9.59 Å². The molecular formula is C16H20N6O3. The molecular weight excluding hydrogens is 324 g/mol. The van der Waals surface area contributed by atoms with Crippen molar-refractivity contribution in [2.45, 2.75) is 26.8 Å². The molecule has 1 aliphatic rings. The van der Waals surface area contributed by atoms with Gasteiger partial charge in [-0.05, 0) is 39.0 Å². The average Bonchev–Trinajstić information content (AvgIpc) is 3.01. The van der Waals surface area contributed by atoms with Gasteiger partial charge in [0.15, 0.2) is 12.4 Å². The number of hydrogen-bond acceptors (Lipinski definition) is 5. The summed E-state index contributed by atoms with van der Waals surface area (Å²) in [7, 11) is 0. The van der Waals surface area contributed by atoms with Gasteiger partial charge in [-0.25, -0.2) is 9.78 Å². The zero-order valence-electron chi connectivity index (χ0n) is 14.3. The molecule has 0 saturated heterocycles. The highest BCUT2D eigenvalue weighted by molar-refractivity contribution is 5.99. The van der Waals surface area contributed by atoms with Gasteiger partial charge in [0.05, 0.1) is 11.7 Å². The molecule has 2 heterocycles. The maximum absolute atomic E-state index is 12.2. The fraction of sp³-hybridized carbons (Fsp3) is 0.375. The summed E-state index contributed by atoms with van der Waals surface area (Å²) in [4.78, 5) is 29.9. The smallest absolute Gasteiger partial charge is 0.319 e. The normalized spacial score (nSPS) is 14.5. The highest BCUT2D eigenvalue weighted by Crippen LogP contribution is 2.34. The Morgan fingerprint density at radius 1 is 1.48 bits per heavy atom. The number of nitrogens with one attached hydrogen (secondary N) is 3. The van der Waals surface area contributed by atoms with Gasteiger partial charge >= 0.3 is 6.03 Å². The number of nitrogens with zero attached hydrogens (tertiary/aromatic N) is 3. The predicted octanol–water partition coefficient (Wildman–Crippen LogP) is 1.74. The van der Waals surface area contributed by atoms with Gasteiger partial charge in [0.2, 0.25) is 0 Å². The van der Waals surface area contributed by atoms with Crippen LogP contribution in [0.25, 0.3) is 0 Å². The number of rotatable bonds is 4. The van der Waals surface area contributed by atoms with Crippen molar-refractivity contribution in [2.24, 2.45) is 0 Å². The third-order valence-electron chi connectivity index (χ3n) is 3.83. The van der Waals surface area contributed by atoms with Crippen LogP contribution in [0.4, 0.5) is 16.2 Å². The Morgan fingerprint density at radius 3 is 2.96 bits per heavy atom. The number of hydrogen-bond donors (Lipinski definition) is 3. The number of anilines is 2. The number of aryl methyl sites for hydroxylation is 1. The number of H-pyrrole nitrogens is 1. The summed E-state index contributed by atoms with van der Waals surface area (Å²) < 4.78 is 5.41. The molecule has 1 unspecified atom stereocenters. The lowest BCUT2D eigenvalue weighted by molar-refractivity contribution is -0.121. The highest BCUT2D eigenvalue weighted by Gasteiger charge is 2.24. The first-order valence-corrected chi connectivity index (χ1v) is 8.01. The molecule has 3 rings (SSSR count). The first-order valence-electron chi connectivity index (χ1n) is 8.01. The number of urea groups is 1. The number of carbonyl (C=O) groups excluding carboxylic acids is 2. The Kier molecular flexibility index (Phi) is 4.55. The highest BCUT2D eigenvalue weighted by atomic mass is 16.5. The summed E-state index contributed by atoms with van der Waals surface area (Å²) >= 11 is 0. The second-order valence-electron chi connectivity index (χ2n) is 5.71. The average molecular weight is 344 g/mol. The van der Waals surface area contributed by atoms with Crippen molar-refractivity contribution in [3.8, 4) is 5.75 Å². The first kappa shape index (κ1) is 16.7. The number of aromatic nitrogens is 3. The Hall–Kier alpha value is -3.10. The van der Waals surface area contributed by atoms with E-state index in [1.165, 1.54) is 0 Å². The number of likely N-dealkylation sites (N-methyl/N-ethyl adjacent to an activating group) is 1.